The van der Waals surface area contributed by atoms with Crippen LogP contribution in [0.1, 0.15) is 27.8 Å². The van der Waals surface area contributed by atoms with Gasteiger partial charge < -0.3 is 9.47 Å². The summed E-state index contributed by atoms with van der Waals surface area (Å²) < 4.78 is 11.3. The van der Waals surface area contributed by atoms with Gasteiger partial charge >= 0.3 is 5.97 Å². The molecule has 0 unspecified atom stereocenters. The van der Waals surface area contributed by atoms with Crippen LogP contribution in [0.25, 0.3) is 6.08 Å². The summed E-state index contributed by atoms with van der Waals surface area (Å²) in [7, 11) is 0. The Bertz CT molecular complexity index is 1130. The van der Waals surface area contributed by atoms with Crippen molar-refractivity contribution in [2.24, 2.45) is 4.99 Å². The van der Waals surface area contributed by atoms with Crippen LogP contribution in [-0.4, -0.2) is 11.9 Å². The predicted octanol–water partition coefficient (Wildman–Crippen LogP) is 5.23. The summed E-state index contributed by atoms with van der Waals surface area (Å²) in [6.07, 6.45) is 1.72. The molecule has 4 nitrogen and oxygen atoms in total. The van der Waals surface area contributed by atoms with Gasteiger partial charge in [-0.15, -0.1) is 0 Å². The minimum absolute atomic E-state index is 0.277. The molecule has 0 saturated heterocycles. The van der Waals surface area contributed by atoms with Gasteiger partial charge in [0.05, 0.1) is 0 Å². The Kier molecular flexibility index (Phi) is 5.25. The topological polar surface area (TPSA) is 47.9 Å². The van der Waals surface area contributed by atoms with Crippen molar-refractivity contribution in [3.8, 4) is 5.75 Å². The van der Waals surface area contributed by atoms with Crippen LogP contribution in [0.3, 0.4) is 0 Å². The molecule has 144 valence electrons. The van der Waals surface area contributed by atoms with Gasteiger partial charge in [0.25, 0.3) is 0 Å². The maximum absolute atomic E-state index is 12.3. The van der Waals surface area contributed by atoms with Gasteiger partial charge in [-0.05, 0) is 54.8 Å². The molecule has 0 fully saturated rings. The molecule has 3 aromatic carbocycles. The standard InChI is InChI=1S/C25H21NO3/c1-17-7-5-10-20(13-17)16-28-21-11-6-9-19(14-21)15-23-25(27)29-24(26-23)22-12-4-3-8-18(22)2/h3-15H,16H2,1-2H3/b23-15-. The van der Waals surface area contributed by atoms with Crippen LogP contribution in [0.15, 0.2) is 83.5 Å². The molecule has 0 aromatic heterocycles. The average molecular weight is 383 g/mol. The molecule has 1 aliphatic heterocycles. The molecular weight excluding hydrogens is 362 g/mol. The highest BCUT2D eigenvalue weighted by molar-refractivity contribution is 6.13. The number of rotatable bonds is 5. The van der Waals surface area contributed by atoms with E-state index in [1.807, 2.05) is 67.6 Å². The summed E-state index contributed by atoms with van der Waals surface area (Å²) in [5.41, 5.74) is 5.24. The monoisotopic (exact) mass is 383 g/mol. The van der Waals surface area contributed by atoms with Crippen molar-refractivity contribution in [2.45, 2.75) is 20.5 Å². The summed E-state index contributed by atoms with van der Waals surface area (Å²) in [6, 6.07) is 23.5. The van der Waals surface area contributed by atoms with Gasteiger partial charge in [0.1, 0.15) is 12.4 Å². The van der Waals surface area contributed by atoms with Gasteiger partial charge in [0.15, 0.2) is 5.70 Å². The molecule has 0 N–H and O–H groups in total. The minimum Gasteiger partial charge on any atom is -0.489 e. The summed E-state index contributed by atoms with van der Waals surface area (Å²) in [6.45, 7) is 4.50. The van der Waals surface area contributed by atoms with E-state index < -0.39 is 5.97 Å². The highest BCUT2D eigenvalue weighted by atomic mass is 16.6. The lowest BCUT2D eigenvalue weighted by Crippen LogP contribution is -2.06. The molecule has 0 radical (unpaired) electrons. The van der Waals surface area contributed by atoms with Crippen LogP contribution in [0.4, 0.5) is 0 Å². The van der Waals surface area contributed by atoms with E-state index in [0.29, 0.717) is 12.5 Å². The second-order valence-electron chi connectivity index (χ2n) is 7.00. The van der Waals surface area contributed by atoms with Crippen LogP contribution >= 0.6 is 0 Å². The quantitative estimate of drug-likeness (QED) is 0.448. The highest BCUT2D eigenvalue weighted by Crippen LogP contribution is 2.23. The summed E-state index contributed by atoms with van der Waals surface area (Å²) in [5.74, 6) is 0.621. The molecule has 1 heterocycles. The van der Waals surface area contributed by atoms with Gasteiger partial charge in [-0.3, -0.25) is 0 Å². The van der Waals surface area contributed by atoms with E-state index in [9.17, 15) is 4.79 Å². The fraction of sp³-hybridized carbons (Fsp3) is 0.120. The van der Waals surface area contributed by atoms with Crippen molar-refractivity contribution >= 4 is 17.9 Å². The van der Waals surface area contributed by atoms with Crippen LogP contribution in [0.2, 0.25) is 0 Å². The van der Waals surface area contributed by atoms with Gasteiger partial charge in [0, 0.05) is 5.56 Å². The lowest BCUT2D eigenvalue weighted by molar-refractivity contribution is -0.129. The number of esters is 1. The lowest BCUT2D eigenvalue weighted by atomic mass is 10.1. The number of nitrogens with zero attached hydrogens (tertiary/aromatic N) is 1. The number of carbonyl (C=O) groups excluding carboxylic acids is 1. The number of aliphatic imine (C=N–C) groups is 1. The van der Waals surface area contributed by atoms with Gasteiger partial charge in [-0.2, -0.15) is 0 Å². The number of ether oxygens (including phenoxy) is 2. The number of cyclic esters (lactones) is 1. The Hall–Kier alpha value is -3.66. The Morgan fingerprint density at radius 3 is 2.62 bits per heavy atom. The van der Waals surface area contributed by atoms with Crippen LogP contribution < -0.4 is 4.74 Å². The molecule has 29 heavy (non-hydrogen) atoms. The Morgan fingerprint density at radius 1 is 0.966 bits per heavy atom. The first kappa shape index (κ1) is 18.7. The summed E-state index contributed by atoms with van der Waals surface area (Å²) in [4.78, 5) is 16.7. The third-order valence-electron chi connectivity index (χ3n) is 4.65. The van der Waals surface area contributed by atoms with E-state index in [1.165, 1.54) is 5.56 Å². The van der Waals surface area contributed by atoms with Gasteiger partial charge in [-0.1, -0.05) is 60.2 Å². The Labute approximate surface area is 170 Å². The first-order valence-corrected chi connectivity index (χ1v) is 9.45. The van der Waals surface area contributed by atoms with Crippen LogP contribution in [0, 0.1) is 13.8 Å². The van der Waals surface area contributed by atoms with E-state index in [0.717, 1.165) is 28.0 Å². The van der Waals surface area contributed by atoms with E-state index in [2.05, 4.69) is 24.0 Å². The van der Waals surface area contributed by atoms with E-state index in [4.69, 9.17) is 9.47 Å². The minimum atomic E-state index is -0.450. The van der Waals surface area contributed by atoms with Crippen LogP contribution in [-0.2, 0) is 16.1 Å². The van der Waals surface area contributed by atoms with E-state index in [1.54, 1.807) is 6.08 Å². The molecule has 4 heteroatoms. The van der Waals surface area contributed by atoms with Crippen molar-refractivity contribution in [2.75, 3.05) is 0 Å². The Morgan fingerprint density at radius 2 is 1.79 bits per heavy atom. The van der Waals surface area contributed by atoms with Crippen molar-refractivity contribution in [3.05, 3.63) is 106 Å². The first-order chi connectivity index (χ1) is 14.1. The first-order valence-electron chi connectivity index (χ1n) is 9.45. The lowest BCUT2D eigenvalue weighted by Gasteiger charge is -2.07. The zero-order chi connectivity index (χ0) is 20.2. The molecule has 0 aliphatic carbocycles. The third-order valence-corrected chi connectivity index (χ3v) is 4.65. The van der Waals surface area contributed by atoms with Crippen molar-refractivity contribution in [3.63, 3.8) is 0 Å². The number of aryl methyl sites for hydroxylation is 2. The number of benzene rings is 3. The zero-order valence-electron chi connectivity index (χ0n) is 16.4. The van der Waals surface area contributed by atoms with E-state index in [-0.39, 0.29) is 5.70 Å². The van der Waals surface area contributed by atoms with Gasteiger partial charge in [0.2, 0.25) is 5.90 Å². The van der Waals surface area contributed by atoms with E-state index >= 15 is 0 Å². The maximum atomic E-state index is 12.3. The molecular formula is C25H21NO3. The highest BCUT2D eigenvalue weighted by Gasteiger charge is 2.24. The van der Waals surface area contributed by atoms with Crippen molar-refractivity contribution in [1.82, 2.24) is 0 Å². The second-order valence-corrected chi connectivity index (χ2v) is 7.00. The summed E-state index contributed by atoms with van der Waals surface area (Å²) in [5, 5.41) is 0. The number of hydrogen-bond acceptors (Lipinski definition) is 4. The Balaban J connectivity index is 1.53. The normalized spacial score (nSPS) is 14.6. The fourth-order valence-corrected chi connectivity index (χ4v) is 3.16. The van der Waals surface area contributed by atoms with Crippen molar-refractivity contribution < 1.29 is 14.3 Å². The molecule has 0 atom stereocenters. The molecule has 1 aliphatic rings. The molecule has 3 aromatic rings. The summed E-state index contributed by atoms with van der Waals surface area (Å²) >= 11 is 0. The zero-order valence-corrected chi connectivity index (χ0v) is 16.4. The maximum Gasteiger partial charge on any atom is 0.363 e. The molecule has 0 bridgehead atoms. The average Bonchev–Trinajstić information content (AvgIpc) is 3.07. The van der Waals surface area contributed by atoms with Crippen molar-refractivity contribution in [1.29, 1.82) is 0 Å². The second kappa shape index (κ2) is 8.15. The smallest absolute Gasteiger partial charge is 0.363 e. The SMILES string of the molecule is Cc1cccc(COc2cccc(/C=C3\N=C(c4ccccc4C)OC3=O)c2)c1. The largest absolute Gasteiger partial charge is 0.489 e. The van der Waals surface area contributed by atoms with Crippen LogP contribution in [0.5, 0.6) is 5.75 Å². The molecule has 0 spiro atoms. The number of carbonyl (C=O) groups is 1. The van der Waals surface area contributed by atoms with Gasteiger partial charge in [-0.25, -0.2) is 9.79 Å². The molecule has 0 amide bonds. The third kappa shape index (κ3) is 4.43. The molecule has 0 saturated carbocycles. The molecule has 4 rings (SSSR count). The predicted molar refractivity (Wildman–Crippen MR) is 114 cm³/mol. The number of hydrogen-bond donors (Lipinski definition) is 0. The fourth-order valence-electron chi connectivity index (χ4n) is 3.16.